The zero-order valence-corrected chi connectivity index (χ0v) is 14.9. The fourth-order valence-electron chi connectivity index (χ4n) is 2.94. The van der Waals surface area contributed by atoms with E-state index in [1.54, 1.807) is 0 Å². The molecule has 0 aromatic carbocycles. The lowest BCUT2D eigenvalue weighted by molar-refractivity contribution is 0.0934. The van der Waals surface area contributed by atoms with Crippen molar-refractivity contribution in [1.29, 1.82) is 0 Å². The molecule has 0 saturated carbocycles. The van der Waals surface area contributed by atoms with Gasteiger partial charge in [0.25, 0.3) is 11.5 Å². The summed E-state index contributed by atoms with van der Waals surface area (Å²) in [6, 6.07) is 1.61. The number of carbonyl (C=O) groups is 1. The van der Waals surface area contributed by atoms with Crippen molar-refractivity contribution < 1.29 is 4.79 Å². The van der Waals surface area contributed by atoms with Gasteiger partial charge in [-0.15, -0.1) is 11.3 Å². The van der Waals surface area contributed by atoms with Crippen LogP contribution in [0.3, 0.4) is 0 Å². The molecule has 0 bridgehead atoms. The summed E-state index contributed by atoms with van der Waals surface area (Å²) in [4.78, 5) is 38.2. The second-order valence-electron chi connectivity index (χ2n) is 6.09. The number of piperidine rings is 1. The number of aryl methyl sites for hydroxylation is 3. The van der Waals surface area contributed by atoms with Gasteiger partial charge >= 0.3 is 0 Å². The molecule has 3 heterocycles. The molecule has 0 atom stereocenters. The Morgan fingerprint density at radius 3 is 2.58 bits per heavy atom. The molecule has 7 nitrogen and oxygen atoms in total. The van der Waals surface area contributed by atoms with E-state index < -0.39 is 0 Å². The van der Waals surface area contributed by atoms with Gasteiger partial charge in [-0.25, -0.2) is 9.97 Å². The number of carbonyl (C=O) groups excluding carboxylic acids is 1. The third-order valence-corrected chi connectivity index (χ3v) is 5.17. The highest BCUT2D eigenvalue weighted by atomic mass is 32.1. The molecule has 1 amide bonds. The standard InChI is InChI=1S/C16H21N5O2S/c1-9-8-13(22)20-16(17-9)21-6-4-12(5-7-21)19-15(23)14-10(2)18-11(3)24-14/h8,12H,4-7H2,1-3H3,(H,19,23)(H,17,20,22). The highest BCUT2D eigenvalue weighted by Crippen LogP contribution is 2.19. The molecule has 8 heteroatoms. The van der Waals surface area contributed by atoms with E-state index in [4.69, 9.17) is 0 Å². The highest BCUT2D eigenvalue weighted by Gasteiger charge is 2.24. The average molecular weight is 347 g/mol. The Morgan fingerprint density at radius 1 is 1.29 bits per heavy atom. The Bertz CT molecular complexity index is 805. The molecule has 2 aromatic rings. The second-order valence-corrected chi connectivity index (χ2v) is 7.30. The smallest absolute Gasteiger partial charge is 0.263 e. The number of anilines is 1. The van der Waals surface area contributed by atoms with Crippen LogP contribution in [0.1, 0.15) is 38.9 Å². The van der Waals surface area contributed by atoms with E-state index in [1.807, 2.05) is 20.8 Å². The molecule has 2 N–H and O–H groups in total. The van der Waals surface area contributed by atoms with Gasteiger partial charge in [-0.05, 0) is 33.6 Å². The maximum atomic E-state index is 12.4. The molecule has 1 saturated heterocycles. The summed E-state index contributed by atoms with van der Waals surface area (Å²) in [6.07, 6.45) is 1.64. The fourth-order valence-corrected chi connectivity index (χ4v) is 3.76. The van der Waals surface area contributed by atoms with Crippen LogP contribution in [0.15, 0.2) is 10.9 Å². The zero-order chi connectivity index (χ0) is 17.3. The van der Waals surface area contributed by atoms with Gasteiger partial charge in [0.2, 0.25) is 5.95 Å². The summed E-state index contributed by atoms with van der Waals surface area (Å²) in [5.74, 6) is 0.567. The molecule has 2 aromatic heterocycles. The number of hydrogen-bond donors (Lipinski definition) is 2. The molecule has 1 aliphatic heterocycles. The van der Waals surface area contributed by atoms with Crippen molar-refractivity contribution >= 4 is 23.2 Å². The lowest BCUT2D eigenvalue weighted by atomic mass is 10.1. The van der Waals surface area contributed by atoms with Gasteiger partial charge in [0.05, 0.1) is 10.7 Å². The van der Waals surface area contributed by atoms with E-state index in [1.165, 1.54) is 17.4 Å². The second kappa shape index (κ2) is 6.72. The summed E-state index contributed by atoms with van der Waals surface area (Å²) in [5.41, 5.74) is 1.36. The molecule has 1 fully saturated rings. The summed E-state index contributed by atoms with van der Waals surface area (Å²) in [5, 5.41) is 4.00. The van der Waals surface area contributed by atoms with Crippen LogP contribution in [0.4, 0.5) is 5.95 Å². The lowest BCUT2D eigenvalue weighted by Gasteiger charge is -2.32. The Morgan fingerprint density at radius 2 is 2.00 bits per heavy atom. The lowest BCUT2D eigenvalue weighted by Crippen LogP contribution is -2.45. The summed E-state index contributed by atoms with van der Waals surface area (Å²) < 4.78 is 0. The van der Waals surface area contributed by atoms with E-state index in [2.05, 4.69) is 25.2 Å². The first kappa shape index (κ1) is 16.6. The van der Waals surface area contributed by atoms with Crippen LogP contribution in [0.25, 0.3) is 0 Å². The van der Waals surface area contributed by atoms with Gasteiger partial charge in [-0.3, -0.25) is 14.6 Å². The Hall–Kier alpha value is -2.22. The number of nitrogens with zero attached hydrogens (tertiary/aromatic N) is 3. The third-order valence-electron chi connectivity index (χ3n) is 4.10. The Balaban J connectivity index is 1.60. The Labute approximate surface area is 144 Å². The van der Waals surface area contributed by atoms with E-state index in [0.717, 1.165) is 36.6 Å². The molecule has 0 radical (unpaired) electrons. The van der Waals surface area contributed by atoms with Crippen LogP contribution in [-0.4, -0.2) is 40.0 Å². The topological polar surface area (TPSA) is 91.0 Å². The predicted molar refractivity (Wildman–Crippen MR) is 93.9 cm³/mol. The molecule has 24 heavy (non-hydrogen) atoms. The molecule has 0 spiro atoms. The maximum Gasteiger partial charge on any atom is 0.263 e. The number of rotatable bonds is 3. The van der Waals surface area contributed by atoms with Crippen molar-refractivity contribution in [3.63, 3.8) is 0 Å². The van der Waals surface area contributed by atoms with Crippen LogP contribution in [0, 0.1) is 20.8 Å². The summed E-state index contributed by atoms with van der Waals surface area (Å²) in [7, 11) is 0. The maximum absolute atomic E-state index is 12.4. The minimum atomic E-state index is -0.135. The first-order valence-electron chi connectivity index (χ1n) is 8.00. The van der Waals surface area contributed by atoms with Gasteiger partial charge in [0.1, 0.15) is 4.88 Å². The van der Waals surface area contributed by atoms with Crippen molar-refractivity contribution in [2.75, 3.05) is 18.0 Å². The van der Waals surface area contributed by atoms with E-state index in [9.17, 15) is 9.59 Å². The fraction of sp³-hybridized carbons (Fsp3) is 0.500. The van der Waals surface area contributed by atoms with E-state index in [-0.39, 0.29) is 17.5 Å². The molecule has 128 valence electrons. The first-order valence-corrected chi connectivity index (χ1v) is 8.82. The molecular weight excluding hydrogens is 326 g/mol. The summed E-state index contributed by atoms with van der Waals surface area (Å²) in [6.45, 7) is 7.07. The van der Waals surface area contributed by atoms with Crippen molar-refractivity contribution in [2.24, 2.45) is 0 Å². The first-order chi connectivity index (χ1) is 11.4. The minimum Gasteiger partial charge on any atom is -0.348 e. The van der Waals surface area contributed by atoms with Gasteiger partial charge in [-0.2, -0.15) is 0 Å². The quantitative estimate of drug-likeness (QED) is 0.879. The van der Waals surface area contributed by atoms with Crippen molar-refractivity contribution in [3.05, 3.63) is 37.7 Å². The van der Waals surface area contributed by atoms with Gasteiger partial charge in [0.15, 0.2) is 0 Å². The summed E-state index contributed by atoms with van der Waals surface area (Å²) >= 11 is 1.43. The van der Waals surface area contributed by atoms with Crippen LogP contribution < -0.4 is 15.8 Å². The van der Waals surface area contributed by atoms with Crippen LogP contribution in [0.5, 0.6) is 0 Å². The normalized spacial score (nSPS) is 15.5. The molecule has 3 rings (SSSR count). The largest absolute Gasteiger partial charge is 0.348 e. The molecule has 1 aliphatic rings. The van der Waals surface area contributed by atoms with Gasteiger partial charge < -0.3 is 10.2 Å². The molecule has 0 unspecified atom stereocenters. The number of aromatic amines is 1. The number of aromatic nitrogens is 3. The van der Waals surface area contributed by atoms with Crippen LogP contribution in [-0.2, 0) is 0 Å². The SMILES string of the molecule is Cc1cc(=O)[nH]c(N2CCC(NC(=O)c3sc(C)nc3C)CC2)n1. The molecular formula is C16H21N5O2S. The predicted octanol–water partition coefficient (Wildman–Crippen LogP) is 1.55. The monoisotopic (exact) mass is 347 g/mol. The van der Waals surface area contributed by atoms with Crippen LogP contribution >= 0.6 is 11.3 Å². The van der Waals surface area contributed by atoms with Crippen LogP contribution in [0.2, 0.25) is 0 Å². The zero-order valence-electron chi connectivity index (χ0n) is 14.0. The van der Waals surface area contributed by atoms with E-state index in [0.29, 0.717) is 16.5 Å². The Kier molecular flexibility index (Phi) is 4.66. The van der Waals surface area contributed by atoms with Gasteiger partial charge in [0, 0.05) is 30.9 Å². The number of amides is 1. The minimum absolute atomic E-state index is 0.0429. The van der Waals surface area contributed by atoms with Crippen molar-refractivity contribution in [2.45, 2.75) is 39.7 Å². The van der Waals surface area contributed by atoms with Crippen molar-refractivity contribution in [3.8, 4) is 0 Å². The van der Waals surface area contributed by atoms with Crippen molar-refractivity contribution in [1.82, 2.24) is 20.3 Å². The number of thiazole rings is 1. The highest BCUT2D eigenvalue weighted by molar-refractivity contribution is 7.13. The van der Waals surface area contributed by atoms with E-state index >= 15 is 0 Å². The number of nitrogens with one attached hydrogen (secondary N) is 2. The molecule has 0 aliphatic carbocycles. The average Bonchev–Trinajstić information content (AvgIpc) is 2.86. The number of hydrogen-bond acceptors (Lipinski definition) is 6. The third kappa shape index (κ3) is 3.64. The number of H-pyrrole nitrogens is 1. The van der Waals surface area contributed by atoms with Gasteiger partial charge in [-0.1, -0.05) is 0 Å².